The van der Waals surface area contributed by atoms with Gasteiger partial charge in [0, 0.05) is 18.4 Å². The van der Waals surface area contributed by atoms with Gasteiger partial charge in [-0.25, -0.2) is 0 Å². The SMILES string of the molecule is O=C(CC1CCCCN1)C1CCCCCC1. The van der Waals surface area contributed by atoms with Crippen LogP contribution in [0.25, 0.3) is 0 Å². The van der Waals surface area contributed by atoms with E-state index in [9.17, 15) is 4.79 Å². The Bertz CT molecular complexity index is 213. The molecule has 16 heavy (non-hydrogen) atoms. The third kappa shape index (κ3) is 3.58. The van der Waals surface area contributed by atoms with Crippen LogP contribution in [-0.2, 0) is 4.79 Å². The zero-order valence-corrected chi connectivity index (χ0v) is 10.3. The van der Waals surface area contributed by atoms with Crippen molar-refractivity contribution in [2.45, 2.75) is 70.3 Å². The summed E-state index contributed by atoms with van der Waals surface area (Å²) < 4.78 is 0. The molecule has 2 aliphatic rings. The second-order valence-corrected chi connectivity index (χ2v) is 5.51. The van der Waals surface area contributed by atoms with Crippen molar-refractivity contribution < 1.29 is 4.79 Å². The predicted octanol–water partition coefficient (Wildman–Crippen LogP) is 3.06. The number of ketones is 1. The average Bonchev–Trinajstić information content (AvgIpc) is 2.59. The zero-order chi connectivity index (χ0) is 11.2. The number of carbonyl (C=O) groups excluding carboxylic acids is 1. The summed E-state index contributed by atoms with van der Waals surface area (Å²) in [7, 11) is 0. The van der Waals surface area contributed by atoms with Gasteiger partial charge in [0.2, 0.25) is 0 Å². The minimum atomic E-state index is 0.395. The Morgan fingerprint density at radius 2 is 1.62 bits per heavy atom. The molecule has 0 spiro atoms. The Kier molecular flexibility index (Phi) is 4.83. The fourth-order valence-corrected chi connectivity index (χ4v) is 3.11. The van der Waals surface area contributed by atoms with Gasteiger partial charge in [-0.1, -0.05) is 32.1 Å². The van der Waals surface area contributed by atoms with Crippen molar-refractivity contribution >= 4 is 5.78 Å². The van der Waals surface area contributed by atoms with E-state index in [0.29, 0.717) is 17.7 Å². The van der Waals surface area contributed by atoms with Gasteiger partial charge in [0.1, 0.15) is 5.78 Å². The first-order valence-electron chi connectivity index (χ1n) is 7.12. The second kappa shape index (κ2) is 6.39. The lowest BCUT2D eigenvalue weighted by atomic mass is 9.89. The molecule has 0 aromatic carbocycles. The molecule has 1 saturated carbocycles. The largest absolute Gasteiger partial charge is 0.314 e. The summed E-state index contributed by atoms with van der Waals surface area (Å²) in [5.41, 5.74) is 0. The van der Waals surface area contributed by atoms with E-state index in [1.54, 1.807) is 0 Å². The van der Waals surface area contributed by atoms with Gasteiger partial charge < -0.3 is 5.32 Å². The van der Waals surface area contributed by atoms with E-state index in [-0.39, 0.29) is 0 Å². The van der Waals surface area contributed by atoms with Gasteiger partial charge in [0.25, 0.3) is 0 Å². The van der Waals surface area contributed by atoms with Gasteiger partial charge in [-0.05, 0) is 32.2 Å². The fraction of sp³-hybridized carbons (Fsp3) is 0.929. The Morgan fingerprint density at radius 3 is 2.25 bits per heavy atom. The molecule has 2 rings (SSSR count). The zero-order valence-electron chi connectivity index (χ0n) is 10.3. The molecule has 2 nitrogen and oxygen atoms in total. The lowest BCUT2D eigenvalue weighted by Gasteiger charge is -2.24. The van der Waals surface area contributed by atoms with E-state index < -0.39 is 0 Å². The molecule has 1 aliphatic heterocycles. The number of hydrogen-bond acceptors (Lipinski definition) is 2. The van der Waals surface area contributed by atoms with Crippen LogP contribution in [0.2, 0.25) is 0 Å². The van der Waals surface area contributed by atoms with Gasteiger partial charge in [0.05, 0.1) is 0 Å². The summed E-state index contributed by atoms with van der Waals surface area (Å²) in [6.45, 7) is 1.11. The number of carbonyl (C=O) groups is 1. The van der Waals surface area contributed by atoms with Crippen molar-refractivity contribution in [1.82, 2.24) is 5.32 Å². The average molecular weight is 223 g/mol. The summed E-state index contributed by atoms with van der Waals surface area (Å²) in [6.07, 6.45) is 12.1. The van der Waals surface area contributed by atoms with Crippen LogP contribution >= 0.6 is 0 Å². The molecule has 2 fully saturated rings. The smallest absolute Gasteiger partial charge is 0.137 e. The van der Waals surface area contributed by atoms with Crippen LogP contribution in [0.1, 0.15) is 64.2 Å². The van der Waals surface area contributed by atoms with Crippen LogP contribution in [0.15, 0.2) is 0 Å². The highest BCUT2D eigenvalue weighted by molar-refractivity contribution is 5.81. The summed E-state index contributed by atoms with van der Waals surface area (Å²) >= 11 is 0. The van der Waals surface area contributed by atoms with Gasteiger partial charge in [-0.15, -0.1) is 0 Å². The third-order valence-corrected chi connectivity index (χ3v) is 4.17. The Morgan fingerprint density at radius 1 is 0.938 bits per heavy atom. The molecule has 0 aromatic rings. The molecule has 1 atom stereocenters. The van der Waals surface area contributed by atoms with E-state index in [2.05, 4.69) is 5.32 Å². The van der Waals surface area contributed by atoms with Gasteiger partial charge >= 0.3 is 0 Å². The number of rotatable bonds is 3. The van der Waals surface area contributed by atoms with Crippen LogP contribution in [-0.4, -0.2) is 18.4 Å². The van der Waals surface area contributed by atoms with Crippen LogP contribution < -0.4 is 5.32 Å². The van der Waals surface area contributed by atoms with Gasteiger partial charge in [-0.3, -0.25) is 4.79 Å². The number of piperidine rings is 1. The van der Waals surface area contributed by atoms with E-state index in [4.69, 9.17) is 0 Å². The standard InChI is InChI=1S/C14H25NO/c16-14(11-13-9-5-6-10-15-13)12-7-3-1-2-4-8-12/h12-13,15H,1-11H2. The molecule has 1 N–H and O–H groups in total. The van der Waals surface area contributed by atoms with Crippen LogP contribution in [0.3, 0.4) is 0 Å². The minimum absolute atomic E-state index is 0.395. The maximum Gasteiger partial charge on any atom is 0.137 e. The fourth-order valence-electron chi connectivity index (χ4n) is 3.11. The second-order valence-electron chi connectivity index (χ2n) is 5.51. The van der Waals surface area contributed by atoms with Crippen molar-refractivity contribution in [2.75, 3.05) is 6.54 Å². The molecular weight excluding hydrogens is 198 g/mol. The number of hydrogen-bond donors (Lipinski definition) is 1. The highest BCUT2D eigenvalue weighted by Gasteiger charge is 2.23. The maximum absolute atomic E-state index is 12.2. The van der Waals surface area contributed by atoms with Crippen molar-refractivity contribution in [3.05, 3.63) is 0 Å². The van der Waals surface area contributed by atoms with E-state index >= 15 is 0 Å². The lowest BCUT2D eigenvalue weighted by Crippen LogP contribution is -2.36. The summed E-state index contributed by atoms with van der Waals surface area (Å²) in [4.78, 5) is 12.2. The molecule has 0 amide bonds. The first kappa shape index (κ1) is 12.1. The molecule has 92 valence electrons. The molecule has 0 radical (unpaired) electrons. The van der Waals surface area contributed by atoms with Crippen molar-refractivity contribution in [2.24, 2.45) is 5.92 Å². The first-order chi connectivity index (χ1) is 7.86. The van der Waals surface area contributed by atoms with E-state index in [1.807, 2.05) is 0 Å². The molecule has 1 saturated heterocycles. The van der Waals surface area contributed by atoms with Gasteiger partial charge in [-0.2, -0.15) is 0 Å². The summed E-state index contributed by atoms with van der Waals surface area (Å²) in [6, 6.07) is 0.490. The normalized spacial score (nSPS) is 28.6. The van der Waals surface area contributed by atoms with Crippen molar-refractivity contribution in [1.29, 1.82) is 0 Å². The topological polar surface area (TPSA) is 29.1 Å². The Labute approximate surface area is 99.2 Å². The van der Waals surface area contributed by atoms with Gasteiger partial charge in [0.15, 0.2) is 0 Å². The monoisotopic (exact) mass is 223 g/mol. The van der Waals surface area contributed by atoms with E-state index in [0.717, 1.165) is 25.8 Å². The van der Waals surface area contributed by atoms with Crippen LogP contribution in [0, 0.1) is 5.92 Å². The molecule has 2 heteroatoms. The highest BCUT2D eigenvalue weighted by atomic mass is 16.1. The third-order valence-electron chi connectivity index (χ3n) is 4.17. The van der Waals surface area contributed by atoms with E-state index in [1.165, 1.54) is 44.9 Å². The maximum atomic E-state index is 12.2. The number of Topliss-reactive ketones (excluding diaryl/α,β-unsaturated/α-hetero) is 1. The quantitative estimate of drug-likeness (QED) is 0.745. The Hall–Kier alpha value is -0.370. The minimum Gasteiger partial charge on any atom is -0.314 e. The molecule has 0 aromatic heterocycles. The lowest BCUT2D eigenvalue weighted by molar-refractivity contribution is -0.123. The molecular formula is C14H25NO. The molecule has 1 heterocycles. The summed E-state index contributed by atoms with van der Waals surface area (Å²) in [5, 5.41) is 3.48. The highest BCUT2D eigenvalue weighted by Crippen LogP contribution is 2.25. The van der Waals surface area contributed by atoms with Crippen LogP contribution in [0.4, 0.5) is 0 Å². The molecule has 1 aliphatic carbocycles. The first-order valence-corrected chi connectivity index (χ1v) is 7.12. The van der Waals surface area contributed by atoms with Crippen molar-refractivity contribution in [3.8, 4) is 0 Å². The Balaban J connectivity index is 1.76. The predicted molar refractivity (Wildman–Crippen MR) is 66.5 cm³/mol. The molecule has 1 unspecified atom stereocenters. The number of nitrogens with one attached hydrogen (secondary N) is 1. The van der Waals surface area contributed by atoms with Crippen molar-refractivity contribution in [3.63, 3.8) is 0 Å². The summed E-state index contributed by atoms with van der Waals surface area (Å²) in [5.74, 6) is 0.938. The molecule has 0 bridgehead atoms. The van der Waals surface area contributed by atoms with Crippen LogP contribution in [0.5, 0.6) is 0 Å².